The lowest BCUT2D eigenvalue weighted by Crippen LogP contribution is -2.37. The van der Waals surface area contributed by atoms with Crippen LogP contribution in [0.2, 0.25) is 0 Å². The van der Waals surface area contributed by atoms with E-state index in [2.05, 4.69) is 0 Å². The Morgan fingerprint density at radius 1 is 1.16 bits per heavy atom. The van der Waals surface area contributed by atoms with Crippen molar-refractivity contribution in [3.8, 4) is 0 Å². The zero-order chi connectivity index (χ0) is 14.5. The van der Waals surface area contributed by atoms with Gasteiger partial charge < -0.3 is 10.0 Å². The first-order valence-corrected chi connectivity index (χ1v) is 7.45. The molecule has 104 valence electrons. The largest absolute Gasteiger partial charge is 0.480 e. The van der Waals surface area contributed by atoms with Crippen LogP contribution in [0.4, 0.5) is 5.69 Å². The SMILES string of the molecule is CCN(C(=O)CS(=O)(=O)CC(=O)O)c1ccccc1. The summed E-state index contributed by atoms with van der Waals surface area (Å²) in [5, 5.41) is 8.47. The minimum atomic E-state index is -3.93. The summed E-state index contributed by atoms with van der Waals surface area (Å²) in [6.45, 7) is 2.03. The topological polar surface area (TPSA) is 91.8 Å². The van der Waals surface area contributed by atoms with E-state index in [0.717, 1.165) is 0 Å². The minimum Gasteiger partial charge on any atom is -0.480 e. The second-order valence-corrected chi connectivity index (χ2v) is 5.96. The fourth-order valence-corrected chi connectivity index (χ4v) is 2.63. The van der Waals surface area contributed by atoms with Crippen LogP contribution >= 0.6 is 0 Å². The number of hydrogen-bond acceptors (Lipinski definition) is 4. The summed E-state index contributed by atoms with van der Waals surface area (Å²) in [4.78, 5) is 23.6. The highest BCUT2D eigenvalue weighted by atomic mass is 32.2. The van der Waals surface area contributed by atoms with Crippen LogP contribution in [0.15, 0.2) is 30.3 Å². The molecule has 0 fully saturated rings. The van der Waals surface area contributed by atoms with Crippen LogP contribution in [0.25, 0.3) is 0 Å². The van der Waals surface area contributed by atoms with E-state index in [4.69, 9.17) is 5.11 Å². The Bertz CT molecular complexity index is 553. The molecule has 19 heavy (non-hydrogen) atoms. The monoisotopic (exact) mass is 285 g/mol. The van der Waals surface area contributed by atoms with Crippen molar-refractivity contribution in [1.82, 2.24) is 0 Å². The van der Waals surface area contributed by atoms with E-state index in [1.807, 2.05) is 0 Å². The number of sulfone groups is 1. The molecule has 1 rings (SSSR count). The Morgan fingerprint density at radius 2 is 1.74 bits per heavy atom. The number of aliphatic carboxylic acids is 1. The molecule has 0 atom stereocenters. The van der Waals surface area contributed by atoms with Crippen LogP contribution in [-0.4, -0.2) is 43.5 Å². The predicted octanol–water partition coefficient (Wildman–Crippen LogP) is 0.539. The molecule has 1 aromatic carbocycles. The number of rotatable bonds is 6. The molecule has 0 aliphatic rings. The Hall–Kier alpha value is -1.89. The van der Waals surface area contributed by atoms with Gasteiger partial charge in [-0.25, -0.2) is 8.42 Å². The summed E-state index contributed by atoms with van der Waals surface area (Å²) in [5.74, 6) is -3.93. The van der Waals surface area contributed by atoms with E-state index >= 15 is 0 Å². The molecular formula is C12H15NO5S. The molecular weight excluding hydrogens is 270 g/mol. The van der Waals surface area contributed by atoms with Crippen molar-refractivity contribution in [3.63, 3.8) is 0 Å². The molecule has 1 amide bonds. The van der Waals surface area contributed by atoms with Crippen molar-refractivity contribution < 1.29 is 23.1 Å². The maximum atomic E-state index is 11.9. The van der Waals surface area contributed by atoms with Crippen LogP contribution in [0.3, 0.4) is 0 Å². The smallest absolute Gasteiger partial charge is 0.318 e. The number of carboxylic acid groups (broad SMARTS) is 1. The maximum absolute atomic E-state index is 11.9. The zero-order valence-electron chi connectivity index (χ0n) is 10.4. The van der Waals surface area contributed by atoms with Crippen LogP contribution < -0.4 is 4.90 Å². The third-order valence-electron chi connectivity index (χ3n) is 2.37. The maximum Gasteiger partial charge on any atom is 0.318 e. The summed E-state index contributed by atoms with van der Waals surface area (Å²) in [6.07, 6.45) is 0. The number of para-hydroxylation sites is 1. The number of anilines is 1. The number of hydrogen-bond donors (Lipinski definition) is 1. The molecule has 1 aromatic rings. The average molecular weight is 285 g/mol. The molecule has 0 spiro atoms. The summed E-state index contributed by atoms with van der Waals surface area (Å²) in [7, 11) is -3.93. The van der Waals surface area contributed by atoms with E-state index in [1.165, 1.54) is 4.90 Å². The molecule has 0 aliphatic heterocycles. The van der Waals surface area contributed by atoms with Crippen LogP contribution in [0, 0.1) is 0 Å². The highest BCUT2D eigenvalue weighted by Crippen LogP contribution is 2.13. The van der Waals surface area contributed by atoms with E-state index < -0.39 is 33.2 Å². The zero-order valence-corrected chi connectivity index (χ0v) is 11.3. The van der Waals surface area contributed by atoms with Gasteiger partial charge in [0.15, 0.2) is 9.84 Å². The number of amides is 1. The molecule has 0 saturated carbocycles. The summed E-state index contributed by atoms with van der Waals surface area (Å²) in [6, 6.07) is 8.62. The molecule has 6 nitrogen and oxygen atoms in total. The van der Waals surface area contributed by atoms with Crippen molar-refractivity contribution in [3.05, 3.63) is 30.3 Å². The lowest BCUT2D eigenvalue weighted by atomic mass is 10.3. The van der Waals surface area contributed by atoms with Gasteiger partial charge in [-0.2, -0.15) is 0 Å². The molecule has 0 heterocycles. The molecule has 7 heteroatoms. The number of carbonyl (C=O) groups excluding carboxylic acids is 1. The standard InChI is InChI=1S/C12H15NO5S/c1-2-13(10-6-4-3-5-7-10)11(14)8-19(17,18)9-12(15)16/h3-7H,2,8-9H2,1H3,(H,15,16). The first-order valence-electron chi connectivity index (χ1n) is 5.63. The first kappa shape index (κ1) is 15.2. The van der Waals surface area contributed by atoms with Crippen molar-refractivity contribution in [1.29, 1.82) is 0 Å². The fraction of sp³-hybridized carbons (Fsp3) is 0.333. The van der Waals surface area contributed by atoms with E-state index in [1.54, 1.807) is 37.3 Å². The molecule has 0 radical (unpaired) electrons. The number of benzene rings is 1. The van der Waals surface area contributed by atoms with Crippen LogP contribution in [0.5, 0.6) is 0 Å². The van der Waals surface area contributed by atoms with Crippen LogP contribution in [0.1, 0.15) is 6.92 Å². The summed E-state index contributed by atoms with van der Waals surface area (Å²) >= 11 is 0. The van der Waals surface area contributed by atoms with Crippen molar-refractivity contribution in [2.24, 2.45) is 0 Å². The Morgan fingerprint density at radius 3 is 2.21 bits per heavy atom. The van der Waals surface area contributed by atoms with E-state index in [9.17, 15) is 18.0 Å². The number of nitrogens with zero attached hydrogens (tertiary/aromatic N) is 1. The molecule has 1 N–H and O–H groups in total. The molecule has 0 unspecified atom stereocenters. The van der Waals surface area contributed by atoms with Gasteiger partial charge in [0.1, 0.15) is 11.5 Å². The third kappa shape index (κ3) is 4.70. The second kappa shape index (κ2) is 6.33. The van der Waals surface area contributed by atoms with Crippen molar-refractivity contribution in [2.45, 2.75) is 6.92 Å². The fourth-order valence-electron chi connectivity index (χ4n) is 1.62. The summed E-state index contributed by atoms with van der Waals surface area (Å²) in [5.41, 5.74) is 0.584. The molecule has 0 bridgehead atoms. The first-order chi connectivity index (χ1) is 8.85. The van der Waals surface area contributed by atoms with Gasteiger partial charge in [0.05, 0.1) is 0 Å². The van der Waals surface area contributed by atoms with Gasteiger partial charge >= 0.3 is 5.97 Å². The van der Waals surface area contributed by atoms with Gasteiger partial charge in [-0.3, -0.25) is 9.59 Å². The second-order valence-electron chi connectivity index (χ2n) is 3.90. The third-order valence-corrected chi connectivity index (χ3v) is 3.75. The van der Waals surface area contributed by atoms with E-state index in [0.29, 0.717) is 12.2 Å². The Balaban J connectivity index is 2.84. The van der Waals surface area contributed by atoms with Gasteiger partial charge in [-0.1, -0.05) is 18.2 Å². The lowest BCUT2D eigenvalue weighted by molar-refractivity contribution is -0.134. The van der Waals surface area contributed by atoms with Crippen molar-refractivity contribution in [2.75, 3.05) is 23.0 Å². The highest BCUT2D eigenvalue weighted by Gasteiger charge is 2.24. The molecule has 0 aliphatic carbocycles. The van der Waals surface area contributed by atoms with Gasteiger partial charge in [0.25, 0.3) is 0 Å². The normalized spacial score (nSPS) is 11.0. The van der Waals surface area contributed by atoms with Gasteiger partial charge in [-0.15, -0.1) is 0 Å². The van der Waals surface area contributed by atoms with Gasteiger partial charge in [0.2, 0.25) is 5.91 Å². The Labute approximate surface area is 111 Å². The van der Waals surface area contributed by atoms with Crippen LogP contribution in [-0.2, 0) is 19.4 Å². The van der Waals surface area contributed by atoms with E-state index in [-0.39, 0.29) is 0 Å². The number of carboxylic acids is 1. The highest BCUT2D eigenvalue weighted by molar-refractivity contribution is 7.92. The van der Waals surface area contributed by atoms with Gasteiger partial charge in [0, 0.05) is 12.2 Å². The minimum absolute atomic E-state index is 0.311. The molecule has 0 aromatic heterocycles. The van der Waals surface area contributed by atoms with Crippen molar-refractivity contribution >= 4 is 27.4 Å². The quantitative estimate of drug-likeness (QED) is 0.823. The Kier molecular flexibility index (Phi) is 5.05. The molecule has 0 saturated heterocycles. The summed E-state index contributed by atoms with van der Waals surface area (Å²) < 4.78 is 22.9. The average Bonchev–Trinajstić information content (AvgIpc) is 2.28. The number of carbonyl (C=O) groups is 2. The lowest BCUT2D eigenvalue weighted by Gasteiger charge is -2.20. The van der Waals surface area contributed by atoms with Gasteiger partial charge in [-0.05, 0) is 19.1 Å². The predicted molar refractivity (Wildman–Crippen MR) is 70.8 cm³/mol.